The van der Waals surface area contributed by atoms with Crippen LogP contribution >= 0.6 is 12.2 Å². The summed E-state index contributed by atoms with van der Waals surface area (Å²) < 4.78 is 32.0. The minimum atomic E-state index is -0.816. The highest BCUT2D eigenvalue weighted by atomic mass is 32.1. The van der Waals surface area contributed by atoms with Gasteiger partial charge in [0.2, 0.25) is 0 Å². The summed E-state index contributed by atoms with van der Waals surface area (Å²) in [6.07, 6.45) is 0. The molecule has 118 valence electrons. The Bertz CT molecular complexity index is 661. The van der Waals surface area contributed by atoms with E-state index in [0.29, 0.717) is 17.4 Å². The average molecular weight is 326 g/mol. The van der Waals surface area contributed by atoms with Crippen molar-refractivity contribution in [1.82, 2.24) is 10.2 Å². The number of methoxy groups -OCH3 is 1. The van der Waals surface area contributed by atoms with E-state index in [1.165, 1.54) is 13.2 Å². The third kappa shape index (κ3) is 2.81. The predicted molar refractivity (Wildman–Crippen MR) is 81.9 cm³/mol. The molecule has 22 heavy (non-hydrogen) atoms. The van der Waals surface area contributed by atoms with E-state index in [9.17, 15) is 13.6 Å². The Kier molecular flexibility index (Phi) is 4.75. The SMILES string of the molecule is CCN1C(=S)N[C@@H](c2ccc(F)cc2F)C(C(=O)OC)=C1C. The van der Waals surface area contributed by atoms with Crippen molar-refractivity contribution in [3.8, 4) is 0 Å². The molecule has 0 unspecified atom stereocenters. The number of nitrogens with zero attached hydrogens (tertiary/aromatic N) is 1. The highest BCUT2D eigenvalue weighted by Crippen LogP contribution is 2.32. The average Bonchev–Trinajstić information content (AvgIpc) is 2.46. The van der Waals surface area contributed by atoms with Gasteiger partial charge in [-0.3, -0.25) is 0 Å². The van der Waals surface area contributed by atoms with Crippen molar-refractivity contribution in [3.63, 3.8) is 0 Å². The number of thiocarbonyl (C=S) groups is 1. The lowest BCUT2D eigenvalue weighted by molar-refractivity contribution is -0.136. The molecular weight excluding hydrogens is 310 g/mol. The number of benzene rings is 1. The van der Waals surface area contributed by atoms with E-state index < -0.39 is 23.6 Å². The first-order valence-corrected chi connectivity index (χ1v) is 7.13. The van der Waals surface area contributed by atoms with Crippen molar-refractivity contribution in [2.24, 2.45) is 0 Å². The molecule has 0 saturated carbocycles. The second-order valence-corrected chi connectivity index (χ2v) is 5.17. The maximum Gasteiger partial charge on any atom is 0.337 e. The van der Waals surface area contributed by atoms with Crippen molar-refractivity contribution in [3.05, 3.63) is 46.7 Å². The number of halogens is 2. The van der Waals surface area contributed by atoms with Gasteiger partial charge in [-0.25, -0.2) is 13.6 Å². The fraction of sp³-hybridized carbons (Fsp3) is 0.333. The van der Waals surface area contributed by atoms with Crippen LogP contribution in [0.2, 0.25) is 0 Å². The largest absolute Gasteiger partial charge is 0.466 e. The first-order valence-electron chi connectivity index (χ1n) is 6.72. The predicted octanol–water partition coefficient (Wildman–Crippen LogP) is 2.66. The standard InChI is InChI=1S/C15H16F2N2O2S/c1-4-19-8(2)12(14(20)21-3)13(18-15(19)22)10-6-5-9(16)7-11(10)17/h5-7,13H,4H2,1-3H3,(H,18,22)/t13-/m0/s1. The van der Waals surface area contributed by atoms with Gasteiger partial charge < -0.3 is 15.0 Å². The Balaban J connectivity index is 2.60. The second-order valence-electron chi connectivity index (χ2n) is 4.78. The topological polar surface area (TPSA) is 41.6 Å². The maximum absolute atomic E-state index is 14.1. The van der Waals surface area contributed by atoms with Crippen LogP contribution in [-0.2, 0) is 9.53 Å². The van der Waals surface area contributed by atoms with Crippen LogP contribution in [0.25, 0.3) is 0 Å². The summed E-state index contributed by atoms with van der Waals surface area (Å²) in [6.45, 7) is 4.15. The number of esters is 1. The zero-order valence-corrected chi connectivity index (χ0v) is 13.3. The first kappa shape index (κ1) is 16.4. The van der Waals surface area contributed by atoms with Crippen molar-refractivity contribution >= 4 is 23.3 Å². The van der Waals surface area contributed by atoms with Gasteiger partial charge in [-0.1, -0.05) is 6.07 Å². The molecule has 1 aromatic rings. The van der Waals surface area contributed by atoms with Gasteiger partial charge in [0.05, 0.1) is 18.7 Å². The van der Waals surface area contributed by atoms with E-state index >= 15 is 0 Å². The van der Waals surface area contributed by atoms with Crippen LogP contribution in [0.15, 0.2) is 29.5 Å². The van der Waals surface area contributed by atoms with Crippen LogP contribution in [0.3, 0.4) is 0 Å². The number of carbonyl (C=O) groups excluding carboxylic acids is 1. The molecule has 0 bridgehead atoms. The van der Waals surface area contributed by atoms with Gasteiger partial charge in [-0.2, -0.15) is 0 Å². The Morgan fingerprint density at radius 1 is 1.45 bits per heavy atom. The van der Waals surface area contributed by atoms with Crippen molar-refractivity contribution in [1.29, 1.82) is 0 Å². The molecule has 1 aromatic carbocycles. The summed E-state index contributed by atoms with van der Waals surface area (Å²) >= 11 is 5.26. The molecule has 0 spiro atoms. The molecule has 1 atom stereocenters. The Morgan fingerprint density at radius 3 is 2.68 bits per heavy atom. The van der Waals surface area contributed by atoms with E-state index in [-0.39, 0.29) is 11.1 Å². The van der Waals surface area contributed by atoms with E-state index in [1.807, 2.05) is 6.92 Å². The number of carbonyl (C=O) groups is 1. The van der Waals surface area contributed by atoms with Crippen LogP contribution in [0.1, 0.15) is 25.5 Å². The number of nitrogens with one attached hydrogen (secondary N) is 1. The van der Waals surface area contributed by atoms with Crippen LogP contribution in [0.4, 0.5) is 8.78 Å². The highest BCUT2D eigenvalue weighted by Gasteiger charge is 2.35. The molecule has 1 N–H and O–H groups in total. The molecule has 1 aliphatic heterocycles. The van der Waals surface area contributed by atoms with Crippen LogP contribution in [0, 0.1) is 11.6 Å². The summed E-state index contributed by atoms with van der Waals surface area (Å²) in [4.78, 5) is 13.8. The normalized spacial score (nSPS) is 18.3. The van der Waals surface area contributed by atoms with Crippen molar-refractivity contribution in [2.75, 3.05) is 13.7 Å². The lowest BCUT2D eigenvalue weighted by Crippen LogP contribution is -2.47. The summed E-state index contributed by atoms with van der Waals surface area (Å²) in [5, 5.41) is 3.30. The summed E-state index contributed by atoms with van der Waals surface area (Å²) in [6, 6.07) is 2.39. The van der Waals surface area contributed by atoms with E-state index in [0.717, 1.165) is 12.1 Å². The molecule has 1 aliphatic rings. The number of hydrogen-bond donors (Lipinski definition) is 1. The molecule has 7 heteroatoms. The minimum absolute atomic E-state index is 0.138. The van der Waals surface area contributed by atoms with Gasteiger partial charge >= 0.3 is 5.97 Å². The molecule has 2 rings (SSSR count). The number of allylic oxidation sites excluding steroid dienone is 1. The fourth-order valence-corrected chi connectivity index (χ4v) is 2.89. The molecule has 4 nitrogen and oxygen atoms in total. The lowest BCUT2D eigenvalue weighted by Gasteiger charge is -2.36. The maximum atomic E-state index is 14.1. The van der Waals surface area contributed by atoms with E-state index in [4.69, 9.17) is 17.0 Å². The minimum Gasteiger partial charge on any atom is -0.466 e. The van der Waals surface area contributed by atoms with Crippen LogP contribution < -0.4 is 5.32 Å². The van der Waals surface area contributed by atoms with Gasteiger partial charge in [0, 0.05) is 23.9 Å². The summed E-state index contributed by atoms with van der Waals surface area (Å²) in [5.74, 6) is -2.02. The quantitative estimate of drug-likeness (QED) is 0.683. The molecule has 0 radical (unpaired) electrons. The summed E-state index contributed by atoms with van der Waals surface area (Å²) in [5.41, 5.74) is 0.981. The summed E-state index contributed by atoms with van der Waals surface area (Å²) in [7, 11) is 1.25. The molecule has 0 aromatic heterocycles. The van der Waals surface area contributed by atoms with E-state index in [2.05, 4.69) is 5.32 Å². The van der Waals surface area contributed by atoms with Gasteiger partial charge in [-0.05, 0) is 32.1 Å². The van der Waals surface area contributed by atoms with Gasteiger partial charge in [0.15, 0.2) is 5.11 Å². The van der Waals surface area contributed by atoms with Crippen molar-refractivity contribution < 1.29 is 18.3 Å². The molecule has 0 fully saturated rings. The Hall–Kier alpha value is -2.02. The first-order chi connectivity index (χ1) is 10.4. The number of hydrogen-bond acceptors (Lipinski definition) is 3. The molecule has 0 saturated heterocycles. The third-order valence-corrected chi connectivity index (χ3v) is 3.93. The van der Waals surface area contributed by atoms with Gasteiger partial charge in [-0.15, -0.1) is 0 Å². The highest BCUT2D eigenvalue weighted by molar-refractivity contribution is 7.80. The molecule has 0 aliphatic carbocycles. The van der Waals surface area contributed by atoms with Crippen molar-refractivity contribution in [2.45, 2.75) is 19.9 Å². The Morgan fingerprint density at radius 2 is 2.14 bits per heavy atom. The fourth-order valence-electron chi connectivity index (χ4n) is 2.51. The van der Waals surface area contributed by atoms with Gasteiger partial charge in [0.1, 0.15) is 11.6 Å². The zero-order chi connectivity index (χ0) is 16.4. The molecule has 0 amide bonds. The van der Waals surface area contributed by atoms with Crippen LogP contribution in [0.5, 0.6) is 0 Å². The van der Waals surface area contributed by atoms with Gasteiger partial charge in [0.25, 0.3) is 0 Å². The third-order valence-electron chi connectivity index (χ3n) is 3.59. The zero-order valence-electron chi connectivity index (χ0n) is 12.4. The lowest BCUT2D eigenvalue weighted by atomic mass is 9.94. The monoisotopic (exact) mass is 326 g/mol. The number of rotatable bonds is 3. The molecular formula is C15H16F2N2O2S. The second kappa shape index (κ2) is 6.39. The smallest absolute Gasteiger partial charge is 0.337 e. The molecule has 1 heterocycles. The number of ether oxygens (including phenoxy) is 1. The van der Waals surface area contributed by atoms with Crippen LogP contribution in [-0.4, -0.2) is 29.6 Å². The Labute approximate surface area is 132 Å². The van der Waals surface area contributed by atoms with E-state index in [1.54, 1.807) is 11.8 Å².